The maximum atomic E-state index is 14.5. The number of fused-ring (bicyclic) bond motifs is 2. The zero-order chi connectivity index (χ0) is 28.4. The highest BCUT2D eigenvalue weighted by molar-refractivity contribution is 6.32. The molecule has 0 aliphatic heterocycles. The molecule has 0 fully saturated rings. The van der Waals surface area contributed by atoms with Gasteiger partial charge in [0.25, 0.3) is 5.91 Å². The molecule has 40 heavy (non-hydrogen) atoms. The van der Waals surface area contributed by atoms with E-state index in [2.05, 4.69) is 0 Å². The first-order chi connectivity index (χ1) is 19.1. The molecule has 5 rings (SSSR count). The van der Waals surface area contributed by atoms with Crippen LogP contribution in [0.1, 0.15) is 59.9 Å². The fraction of sp³-hybridized carbons (Fsp3) is 0.242. The predicted molar refractivity (Wildman–Crippen MR) is 156 cm³/mol. The van der Waals surface area contributed by atoms with Crippen molar-refractivity contribution in [1.82, 2.24) is 9.88 Å². The Balaban J connectivity index is 1.46. The molecule has 1 aliphatic carbocycles. The van der Waals surface area contributed by atoms with Crippen LogP contribution in [-0.2, 0) is 22.5 Å². The summed E-state index contributed by atoms with van der Waals surface area (Å²) in [5.74, 6) is -1.29. The summed E-state index contributed by atoms with van der Waals surface area (Å²) in [6.45, 7) is 5.88. The van der Waals surface area contributed by atoms with E-state index in [1.807, 2.05) is 75.4 Å². The number of pyridine rings is 1. The number of esters is 1. The van der Waals surface area contributed by atoms with Crippen molar-refractivity contribution in [1.29, 1.82) is 0 Å². The molecule has 5 nitrogen and oxygen atoms in total. The molecule has 3 aromatic carbocycles. The Morgan fingerprint density at radius 1 is 1.00 bits per heavy atom. The average Bonchev–Trinajstić information content (AvgIpc) is 3.32. The summed E-state index contributed by atoms with van der Waals surface area (Å²) in [7, 11) is 0. The SMILES string of the molecule is CC(C)(C)N(Cc1ccccc1)C(=O)COC(=O)c1c2c(nc3ccccc13)C(=Cc1c(F)cccc1Cl)CC2. The lowest BCUT2D eigenvalue weighted by Crippen LogP contribution is -2.46. The number of allylic oxidation sites excluding steroid dienone is 1. The molecule has 1 amide bonds. The Morgan fingerprint density at radius 3 is 2.45 bits per heavy atom. The summed E-state index contributed by atoms with van der Waals surface area (Å²) in [6, 6.07) is 21.6. The van der Waals surface area contributed by atoms with Gasteiger partial charge in [-0.3, -0.25) is 4.79 Å². The van der Waals surface area contributed by atoms with Crippen molar-refractivity contribution < 1.29 is 18.7 Å². The van der Waals surface area contributed by atoms with Crippen molar-refractivity contribution in [2.45, 2.75) is 45.7 Å². The first kappa shape index (κ1) is 27.5. The van der Waals surface area contributed by atoms with E-state index >= 15 is 0 Å². The molecule has 4 aromatic rings. The van der Waals surface area contributed by atoms with E-state index in [4.69, 9.17) is 21.3 Å². The Hall–Kier alpha value is -4.03. The highest BCUT2D eigenvalue weighted by Crippen LogP contribution is 2.39. The average molecular weight is 557 g/mol. The second-order valence-corrected chi connectivity index (χ2v) is 11.3. The van der Waals surface area contributed by atoms with Crippen LogP contribution in [0.5, 0.6) is 0 Å². The summed E-state index contributed by atoms with van der Waals surface area (Å²) in [5.41, 5.74) is 3.96. The molecular formula is C33H30ClFN2O3. The van der Waals surface area contributed by atoms with Gasteiger partial charge in [0.05, 0.1) is 21.8 Å². The number of hydrogen-bond acceptors (Lipinski definition) is 4. The van der Waals surface area contributed by atoms with E-state index in [9.17, 15) is 14.0 Å². The second kappa shape index (κ2) is 11.2. The van der Waals surface area contributed by atoms with Crippen LogP contribution in [-0.4, -0.2) is 33.9 Å². The van der Waals surface area contributed by atoms with Crippen LogP contribution >= 0.6 is 11.6 Å². The molecule has 0 saturated carbocycles. The van der Waals surface area contributed by atoms with Gasteiger partial charge in [0, 0.05) is 23.0 Å². The van der Waals surface area contributed by atoms with Crippen molar-refractivity contribution in [3.63, 3.8) is 0 Å². The summed E-state index contributed by atoms with van der Waals surface area (Å²) < 4.78 is 20.2. The number of nitrogens with zero attached hydrogens (tertiary/aromatic N) is 2. The van der Waals surface area contributed by atoms with E-state index < -0.39 is 17.3 Å². The summed E-state index contributed by atoms with van der Waals surface area (Å²) in [5, 5.41) is 0.958. The zero-order valence-electron chi connectivity index (χ0n) is 22.7. The largest absolute Gasteiger partial charge is 0.452 e. The first-order valence-electron chi connectivity index (χ1n) is 13.2. The molecule has 1 aromatic heterocycles. The van der Waals surface area contributed by atoms with Gasteiger partial charge in [0.1, 0.15) is 5.82 Å². The quantitative estimate of drug-likeness (QED) is 0.231. The van der Waals surface area contributed by atoms with Crippen LogP contribution in [0.3, 0.4) is 0 Å². The van der Waals surface area contributed by atoms with E-state index in [-0.39, 0.29) is 18.1 Å². The zero-order valence-corrected chi connectivity index (χ0v) is 23.5. The van der Waals surface area contributed by atoms with Crippen LogP contribution < -0.4 is 0 Å². The lowest BCUT2D eigenvalue weighted by Gasteiger charge is -2.35. The van der Waals surface area contributed by atoms with Gasteiger partial charge in [0.15, 0.2) is 6.61 Å². The summed E-state index contributed by atoms with van der Waals surface area (Å²) in [4.78, 5) is 33.5. The Kier molecular flexibility index (Phi) is 7.72. The highest BCUT2D eigenvalue weighted by atomic mass is 35.5. The van der Waals surface area contributed by atoms with Crippen molar-refractivity contribution in [2.24, 2.45) is 0 Å². The topological polar surface area (TPSA) is 59.5 Å². The lowest BCUT2D eigenvalue weighted by atomic mass is 10.0. The van der Waals surface area contributed by atoms with Gasteiger partial charge in [0.2, 0.25) is 0 Å². The van der Waals surface area contributed by atoms with Crippen molar-refractivity contribution in [3.05, 3.63) is 112 Å². The highest BCUT2D eigenvalue weighted by Gasteiger charge is 2.30. The number of rotatable bonds is 6. The maximum absolute atomic E-state index is 14.5. The fourth-order valence-electron chi connectivity index (χ4n) is 5.08. The van der Waals surface area contributed by atoms with Crippen LogP contribution in [0.25, 0.3) is 22.6 Å². The Bertz CT molecular complexity index is 1610. The second-order valence-electron chi connectivity index (χ2n) is 10.8. The fourth-order valence-corrected chi connectivity index (χ4v) is 5.30. The molecule has 0 bridgehead atoms. The van der Waals surface area contributed by atoms with E-state index in [1.54, 1.807) is 23.1 Å². The van der Waals surface area contributed by atoms with E-state index in [0.29, 0.717) is 46.6 Å². The van der Waals surface area contributed by atoms with Gasteiger partial charge in [-0.15, -0.1) is 0 Å². The van der Waals surface area contributed by atoms with Crippen LogP contribution in [0.15, 0.2) is 72.8 Å². The van der Waals surface area contributed by atoms with E-state index in [1.165, 1.54) is 6.07 Å². The molecule has 0 saturated heterocycles. The molecule has 204 valence electrons. The van der Waals surface area contributed by atoms with Gasteiger partial charge in [-0.2, -0.15) is 0 Å². The third-order valence-electron chi connectivity index (χ3n) is 7.09. The van der Waals surface area contributed by atoms with Gasteiger partial charge < -0.3 is 9.64 Å². The molecular weight excluding hydrogens is 527 g/mol. The summed E-state index contributed by atoms with van der Waals surface area (Å²) in [6.07, 6.45) is 2.80. The number of carbonyl (C=O) groups excluding carboxylic acids is 2. The van der Waals surface area contributed by atoms with Crippen molar-refractivity contribution in [3.8, 4) is 0 Å². The lowest BCUT2D eigenvalue weighted by molar-refractivity contribution is -0.140. The summed E-state index contributed by atoms with van der Waals surface area (Å²) >= 11 is 6.28. The van der Waals surface area contributed by atoms with Crippen LogP contribution in [0, 0.1) is 5.82 Å². The van der Waals surface area contributed by atoms with Gasteiger partial charge >= 0.3 is 5.97 Å². The molecule has 0 radical (unpaired) electrons. The Labute approximate surface area is 238 Å². The molecule has 0 N–H and O–H groups in total. The minimum Gasteiger partial charge on any atom is -0.452 e. The molecule has 7 heteroatoms. The molecule has 0 unspecified atom stereocenters. The standard InChI is InChI=1S/C33H30ClFN2O3/c1-33(2,3)37(19-21-10-5-4-6-11-21)29(38)20-40-32(39)30-23-12-7-8-15-28(23)36-31-22(16-17-24(30)31)18-25-26(34)13-9-14-27(25)35/h4-15,18H,16-17,19-20H2,1-3H3. The maximum Gasteiger partial charge on any atom is 0.339 e. The number of halogens is 2. The number of carbonyl (C=O) groups is 2. The molecule has 0 atom stereocenters. The number of benzene rings is 3. The first-order valence-corrected chi connectivity index (χ1v) is 13.6. The third-order valence-corrected chi connectivity index (χ3v) is 7.41. The predicted octanol–water partition coefficient (Wildman–Crippen LogP) is 7.50. The van der Waals surface area contributed by atoms with Crippen molar-refractivity contribution in [2.75, 3.05) is 6.61 Å². The van der Waals surface area contributed by atoms with Crippen LogP contribution in [0.2, 0.25) is 5.02 Å². The number of ether oxygens (including phenoxy) is 1. The smallest absolute Gasteiger partial charge is 0.339 e. The van der Waals surface area contributed by atoms with Gasteiger partial charge in [-0.25, -0.2) is 14.2 Å². The van der Waals surface area contributed by atoms with Gasteiger partial charge in [-0.05, 0) is 74.6 Å². The normalized spacial score (nSPS) is 13.9. The van der Waals surface area contributed by atoms with E-state index in [0.717, 1.165) is 16.7 Å². The number of aromatic nitrogens is 1. The monoisotopic (exact) mass is 556 g/mol. The van der Waals surface area contributed by atoms with Crippen molar-refractivity contribution >= 4 is 46.0 Å². The minimum atomic E-state index is -0.582. The Morgan fingerprint density at radius 2 is 1.73 bits per heavy atom. The van der Waals surface area contributed by atoms with Gasteiger partial charge in [-0.1, -0.05) is 66.2 Å². The number of hydrogen-bond donors (Lipinski definition) is 0. The number of amides is 1. The molecule has 0 spiro atoms. The number of para-hydroxylation sites is 1. The van der Waals surface area contributed by atoms with Crippen LogP contribution in [0.4, 0.5) is 4.39 Å². The molecule has 1 aliphatic rings. The minimum absolute atomic E-state index is 0.283. The third kappa shape index (κ3) is 5.63. The molecule has 1 heterocycles.